The van der Waals surface area contributed by atoms with E-state index in [-0.39, 0.29) is 18.1 Å². The number of carbonyl (C=O) groups excluding carboxylic acids is 1. The summed E-state index contributed by atoms with van der Waals surface area (Å²) in [5.41, 5.74) is 1.04. The topological polar surface area (TPSA) is 54.8 Å². The van der Waals surface area contributed by atoms with Crippen molar-refractivity contribution in [1.82, 2.24) is 5.32 Å². The third kappa shape index (κ3) is 2.28. The van der Waals surface area contributed by atoms with Crippen LogP contribution in [0.25, 0.3) is 0 Å². The Labute approximate surface area is 105 Å². The highest BCUT2D eigenvalue weighted by atomic mass is 16.6. The molecule has 4 heteroatoms. The van der Waals surface area contributed by atoms with Gasteiger partial charge in [-0.15, -0.1) is 0 Å². The standard InChI is InChI=1S/C14H13NO3/c16-14(15-9-11-7-4-8-17-11)13-12(18-13)10-5-2-1-3-6-10/h1-8,12-13H,9H2,(H,15,16)/t12-,13+/m0/s1. The van der Waals surface area contributed by atoms with Gasteiger partial charge in [-0.05, 0) is 17.7 Å². The molecule has 1 N–H and O–H groups in total. The summed E-state index contributed by atoms with van der Waals surface area (Å²) in [6.07, 6.45) is 1.10. The lowest BCUT2D eigenvalue weighted by Gasteiger charge is -2.00. The second kappa shape index (κ2) is 4.66. The summed E-state index contributed by atoms with van der Waals surface area (Å²) in [5, 5.41) is 2.79. The van der Waals surface area contributed by atoms with E-state index in [1.54, 1.807) is 12.3 Å². The summed E-state index contributed by atoms with van der Waals surface area (Å²) in [7, 11) is 0. The van der Waals surface area contributed by atoms with E-state index < -0.39 is 0 Å². The second-order valence-corrected chi connectivity index (χ2v) is 4.19. The van der Waals surface area contributed by atoms with Crippen molar-refractivity contribution >= 4 is 5.91 Å². The molecule has 2 atom stereocenters. The van der Waals surface area contributed by atoms with E-state index in [0.717, 1.165) is 11.3 Å². The molecule has 1 aliphatic rings. The number of hydrogen-bond acceptors (Lipinski definition) is 3. The van der Waals surface area contributed by atoms with Crippen molar-refractivity contribution in [3.05, 3.63) is 60.1 Å². The highest BCUT2D eigenvalue weighted by Gasteiger charge is 2.45. The fraction of sp³-hybridized carbons (Fsp3) is 0.214. The van der Waals surface area contributed by atoms with Crippen LogP contribution in [-0.4, -0.2) is 12.0 Å². The third-order valence-corrected chi connectivity index (χ3v) is 2.90. The molecule has 1 aliphatic heterocycles. The third-order valence-electron chi connectivity index (χ3n) is 2.90. The van der Waals surface area contributed by atoms with Crippen LogP contribution in [0.3, 0.4) is 0 Å². The summed E-state index contributed by atoms with van der Waals surface area (Å²) in [6, 6.07) is 13.4. The van der Waals surface area contributed by atoms with E-state index in [1.165, 1.54) is 0 Å². The average Bonchev–Trinajstić information content (AvgIpc) is 3.05. The van der Waals surface area contributed by atoms with E-state index in [0.29, 0.717) is 6.54 Å². The first kappa shape index (κ1) is 11.0. The summed E-state index contributed by atoms with van der Waals surface area (Å²) in [4.78, 5) is 11.8. The predicted molar refractivity (Wildman–Crippen MR) is 64.6 cm³/mol. The molecule has 1 aromatic carbocycles. The van der Waals surface area contributed by atoms with Crippen molar-refractivity contribution in [3.63, 3.8) is 0 Å². The predicted octanol–water partition coefficient (Wildman–Crippen LogP) is 2.04. The van der Waals surface area contributed by atoms with Gasteiger partial charge in [0.25, 0.3) is 5.91 Å². The molecule has 1 fully saturated rings. The minimum Gasteiger partial charge on any atom is -0.467 e. The van der Waals surface area contributed by atoms with Gasteiger partial charge in [-0.1, -0.05) is 30.3 Å². The molecular formula is C14H13NO3. The molecule has 1 amide bonds. The lowest BCUT2D eigenvalue weighted by molar-refractivity contribution is -0.122. The number of amides is 1. The SMILES string of the molecule is O=C(NCc1ccco1)[C@@H]1O[C@H]1c1ccccc1. The summed E-state index contributed by atoms with van der Waals surface area (Å²) in [5.74, 6) is 0.639. The number of hydrogen-bond donors (Lipinski definition) is 1. The van der Waals surface area contributed by atoms with Crippen molar-refractivity contribution in [2.75, 3.05) is 0 Å². The number of benzene rings is 1. The maximum atomic E-state index is 11.8. The van der Waals surface area contributed by atoms with Gasteiger partial charge in [0.05, 0.1) is 12.8 Å². The molecule has 0 aliphatic carbocycles. The second-order valence-electron chi connectivity index (χ2n) is 4.19. The van der Waals surface area contributed by atoms with Crippen molar-refractivity contribution in [2.24, 2.45) is 0 Å². The number of carbonyl (C=O) groups is 1. The van der Waals surface area contributed by atoms with E-state index >= 15 is 0 Å². The van der Waals surface area contributed by atoms with Crippen LogP contribution in [-0.2, 0) is 16.1 Å². The van der Waals surface area contributed by atoms with Crippen LogP contribution in [0.2, 0.25) is 0 Å². The zero-order valence-electron chi connectivity index (χ0n) is 9.71. The molecule has 0 bridgehead atoms. The highest BCUT2D eigenvalue weighted by Crippen LogP contribution is 2.38. The Bertz CT molecular complexity index is 521. The number of furan rings is 1. The first-order chi connectivity index (χ1) is 8.84. The summed E-state index contributed by atoms with van der Waals surface area (Å²) >= 11 is 0. The number of ether oxygens (including phenoxy) is 1. The van der Waals surface area contributed by atoms with Gasteiger partial charge < -0.3 is 14.5 Å². The Morgan fingerprint density at radius 2 is 2.00 bits per heavy atom. The van der Waals surface area contributed by atoms with Gasteiger partial charge >= 0.3 is 0 Å². The van der Waals surface area contributed by atoms with Crippen LogP contribution in [0.1, 0.15) is 17.4 Å². The largest absolute Gasteiger partial charge is 0.467 e. The summed E-state index contributed by atoms with van der Waals surface area (Å²) < 4.78 is 10.5. The molecule has 0 radical (unpaired) electrons. The molecule has 1 saturated heterocycles. The Balaban J connectivity index is 1.53. The van der Waals surface area contributed by atoms with Crippen molar-refractivity contribution < 1.29 is 13.9 Å². The Kier molecular flexibility index (Phi) is 2.86. The molecule has 1 aromatic heterocycles. The lowest BCUT2D eigenvalue weighted by Crippen LogP contribution is -2.27. The normalized spacial score (nSPS) is 21.6. The van der Waals surface area contributed by atoms with Gasteiger partial charge in [-0.2, -0.15) is 0 Å². The first-order valence-corrected chi connectivity index (χ1v) is 5.85. The van der Waals surface area contributed by atoms with Gasteiger partial charge in [0.1, 0.15) is 11.9 Å². The molecule has 4 nitrogen and oxygen atoms in total. The van der Waals surface area contributed by atoms with E-state index in [2.05, 4.69) is 5.32 Å². The van der Waals surface area contributed by atoms with Crippen LogP contribution < -0.4 is 5.32 Å². The van der Waals surface area contributed by atoms with Crippen LogP contribution in [0.4, 0.5) is 0 Å². The quantitative estimate of drug-likeness (QED) is 0.836. The zero-order chi connectivity index (χ0) is 12.4. The minimum absolute atomic E-state index is 0.0970. The molecular weight excluding hydrogens is 230 g/mol. The maximum absolute atomic E-state index is 11.8. The van der Waals surface area contributed by atoms with Crippen molar-refractivity contribution in [1.29, 1.82) is 0 Å². The van der Waals surface area contributed by atoms with E-state index in [1.807, 2.05) is 36.4 Å². The number of epoxide rings is 1. The number of nitrogens with one attached hydrogen (secondary N) is 1. The monoisotopic (exact) mass is 243 g/mol. The van der Waals surface area contributed by atoms with Crippen LogP contribution in [0.15, 0.2) is 53.1 Å². The lowest BCUT2D eigenvalue weighted by atomic mass is 10.1. The van der Waals surface area contributed by atoms with Crippen molar-refractivity contribution in [3.8, 4) is 0 Å². The molecule has 0 spiro atoms. The average molecular weight is 243 g/mol. The number of rotatable bonds is 4. The van der Waals surface area contributed by atoms with Gasteiger partial charge in [-0.25, -0.2) is 0 Å². The molecule has 0 saturated carbocycles. The molecule has 3 rings (SSSR count). The summed E-state index contributed by atoms with van der Waals surface area (Å²) in [6.45, 7) is 0.396. The van der Waals surface area contributed by atoms with Crippen LogP contribution in [0.5, 0.6) is 0 Å². The molecule has 2 heterocycles. The fourth-order valence-corrected chi connectivity index (χ4v) is 1.90. The smallest absolute Gasteiger partial charge is 0.252 e. The van der Waals surface area contributed by atoms with Crippen LogP contribution in [0, 0.1) is 0 Å². The minimum atomic E-state index is -0.373. The van der Waals surface area contributed by atoms with E-state index in [9.17, 15) is 4.79 Å². The molecule has 18 heavy (non-hydrogen) atoms. The maximum Gasteiger partial charge on any atom is 0.252 e. The molecule has 92 valence electrons. The van der Waals surface area contributed by atoms with E-state index in [4.69, 9.17) is 9.15 Å². The van der Waals surface area contributed by atoms with Gasteiger partial charge in [-0.3, -0.25) is 4.79 Å². The Hall–Kier alpha value is -2.07. The first-order valence-electron chi connectivity index (χ1n) is 5.85. The molecule has 0 unspecified atom stereocenters. The van der Waals surface area contributed by atoms with Gasteiger partial charge in [0, 0.05) is 0 Å². The zero-order valence-corrected chi connectivity index (χ0v) is 9.71. The van der Waals surface area contributed by atoms with Gasteiger partial charge in [0.15, 0.2) is 6.10 Å². The Morgan fingerprint density at radius 1 is 1.17 bits per heavy atom. The van der Waals surface area contributed by atoms with Crippen LogP contribution >= 0.6 is 0 Å². The fourth-order valence-electron chi connectivity index (χ4n) is 1.90. The Morgan fingerprint density at radius 3 is 2.72 bits per heavy atom. The van der Waals surface area contributed by atoms with Gasteiger partial charge in [0.2, 0.25) is 0 Å². The van der Waals surface area contributed by atoms with Crippen molar-refractivity contribution in [2.45, 2.75) is 18.8 Å². The molecule has 2 aromatic rings. The highest BCUT2D eigenvalue weighted by molar-refractivity contribution is 5.83.